The van der Waals surface area contributed by atoms with E-state index in [1.807, 2.05) is 30.3 Å². The van der Waals surface area contributed by atoms with Crippen LogP contribution in [0.1, 0.15) is 16.1 Å². The summed E-state index contributed by atoms with van der Waals surface area (Å²) in [7, 11) is 1.21. The van der Waals surface area contributed by atoms with Gasteiger partial charge in [0.15, 0.2) is 6.20 Å². The lowest BCUT2D eigenvalue weighted by Crippen LogP contribution is -2.35. The van der Waals surface area contributed by atoms with Gasteiger partial charge in [0.05, 0.1) is 22.0 Å². The van der Waals surface area contributed by atoms with Crippen LogP contribution < -0.4 is 9.47 Å². The highest BCUT2D eigenvalue weighted by molar-refractivity contribution is 9.10. The molecule has 0 aliphatic heterocycles. The molecule has 3 aromatic rings. The number of esters is 1. The summed E-state index contributed by atoms with van der Waals surface area (Å²) in [6.45, 7) is 0.199. The zero-order valence-electron chi connectivity index (χ0n) is 13.2. The fourth-order valence-electron chi connectivity index (χ4n) is 2.46. The zero-order valence-corrected chi connectivity index (χ0v) is 15.5. The van der Waals surface area contributed by atoms with Crippen molar-refractivity contribution in [3.05, 3.63) is 74.6 Å². The maximum atomic E-state index is 12.4. The summed E-state index contributed by atoms with van der Waals surface area (Å²) in [6.07, 6.45) is 1.27. The van der Waals surface area contributed by atoms with E-state index in [2.05, 4.69) is 15.9 Å². The molecule has 0 aliphatic carbocycles. The van der Waals surface area contributed by atoms with Crippen molar-refractivity contribution in [2.75, 3.05) is 7.11 Å². The molecular formula is C18H13BrClNO4. The quantitative estimate of drug-likeness (QED) is 0.358. The predicted octanol–water partition coefficient (Wildman–Crippen LogP) is 4.25. The van der Waals surface area contributed by atoms with Crippen LogP contribution in [0.3, 0.4) is 0 Å². The Balaban J connectivity index is 2.17. The van der Waals surface area contributed by atoms with E-state index in [1.165, 1.54) is 13.3 Å². The molecule has 25 heavy (non-hydrogen) atoms. The van der Waals surface area contributed by atoms with E-state index >= 15 is 0 Å². The fraction of sp³-hybridized carbons (Fsp3) is 0.111. The summed E-state index contributed by atoms with van der Waals surface area (Å²) in [5.74, 6) is -0.619. The van der Waals surface area contributed by atoms with Gasteiger partial charge in [0.2, 0.25) is 5.75 Å². The first kappa shape index (κ1) is 17.5. The summed E-state index contributed by atoms with van der Waals surface area (Å²) < 4.78 is 11.6. The van der Waals surface area contributed by atoms with E-state index in [-0.39, 0.29) is 18.1 Å². The number of ether oxygens (including phenoxy) is 2. The molecule has 128 valence electrons. The van der Waals surface area contributed by atoms with Crippen molar-refractivity contribution in [1.82, 2.24) is 0 Å². The molecule has 0 saturated heterocycles. The molecule has 0 radical (unpaired) electrons. The molecule has 0 saturated carbocycles. The van der Waals surface area contributed by atoms with Crippen LogP contribution in [0, 0.1) is 5.21 Å². The first-order valence-electron chi connectivity index (χ1n) is 7.32. The van der Waals surface area contributed by atoms with Gasteiger partial charge < -0.3 is 14.7 Å². The highest BCUT2D eigenvalue weighted by Crippen LogP contribution is 2.36. The molecule has 0 unspecified atom stereocenters. The van der Waals surface area contributed by atoms with Crippen molar-refractivity contribution in [3.63, 3.8) is 0 Å². The monoisotopic (exact) mass is 421 g/mol. The Hall–Kier alpha value is -2.31. The average molecular weight is 423 g/mol. The minimum absolute atomic E-state index is 0.153. The van der Waals surface area contributed by atoms with Crippen LogP contribution >= 0.6 is 27.5 Å². The normalized spacial score (nSPS) is 10.7. The molecule has 1 heterocycles. The number of carbonyl (C=O) groups is 1. The van der Waals surface area contributed by atoms with Gasteiger partial charge in [0.1, 0.15) is 6.61 Å². The maximum Gasteiger partial charge on any atom is 0.408 e. The summed E-state index contributed by atoms with van der Waals surface area (Å²) in [4.78, 5) is 12.1. The number of rotatable bonds is 4. The fourth-order valence-corrected chi connectivity index (χ4v) is 3.07. The molecule has 0 N–H and O–H groups in total. The molecule has 1 aromatic heterocycles. The van der Waals surface area contributed by atoms with E-state index < -0.39 is 5.97 Å². The van der Waals surface area contributed by atoms with Gasteiger partial charge in [0.25, 0.3) is 0 Å². The van der Waals surface area contributed by atoms with Crippen molar-refractivity contribution in [2.45, 2.75) is 6.61 Å². The SMILES string of the molecule is COC(=O)c1c(OCc2ccccc2)c2ccc(Cl)c(Br)c2c[n+]1[O-]. The van der Waals surface area contributed by atoms with Gasteiger partial charge in [0, 0.05) is 5.39 Å². The number of fused-ring (bicyclic) bond motifs is 1. The van der Waals surface area contributed by atoms with Crippen LogP contribution in [0.4, 0.5) is 0 Å². The summed E-state index contributed by atoms with van der Waals surface area (Å²) in [5, 5.41) is 14.0. The number of benzene rings is 2. The van der Waals surface area contributed by atoms with Gasteiger partial charge in [-0.1, -0.05) is 41.9 Å². The highest BCUT2D eigenvalue weighted by Gasteiger charge is 2.28. The molecule has 3 rings (SSSR count). The van der Waals surface area contributed by atoms with Crippen LogP contribution in [-0.2, 0) is 11.3 Å². The minimum Gasteiger partial charge on any atom is -0.618 e. The Bertz CT molecular complexity index is 947. The van der Waals surface area contributed by atoms with Crippen molar-refractivity contribution in [2.24, 2.45) is 0 Å². The Morgan fingerprint density at radius 1 is 1.20 bits per heavy atom. The maximum absolute atomic E-state index is 12.4. The van der Waals surface area contributed by atoms with Crippen LogP contribution in [0.15, 0.2) is 53.1 Å². The van der Waals surface area contributed by atoms with Gasteiger partial charge in [-0.25, -0.2) is 4.79 Å². The Morgan fingerprint density at radius 3 is 2.60 bits per heavy atom. The third-order valence-corrected chi connectivity index (χ3v) is 5.06. The van der Waals surface area contributed by atoms with E-state index in [0.717, 1.165) is 5.56 Å². The number of halogens is 2. The van der Waals surface area contributed by atoms with Crippen molar-refractivity contribution in [3.8, 4) is 5.75 Å². The van der Waals surface area contributed by atoms with Crippen LogP contribution in [0.2, 0.25) is 5.02 Å². The van der Waals surface area contributed by atoms with Crippen molar-refractivity contribution < 1.29 is 19.0 Å². The second kappa shape index (κ2) is 7.29. The van der Waals surface area contributed by atoms with Crippen LogP contribution in [-0.4, -0.2) is 13.1 Å². The third kappa shape index (κ3) is 3.41. The first-order valence-corrected chi connectivity index (χ1v) is 8.49. The van der Waals surface area contributed by atoms with Gasteiger partial charge in [-0.05, 0) is 33.6 Å². The molecule has 0 fully saturated rings. The van der Waals surface area contributed by atoms with Gasteiger partial charge >= 0.3 is 11.7 Å². The molecule has 0 spiro atoms. The molecule has 5 nitrogen and oxygen atoms in total. The topological polar surface area (TPSA) is 62.5 Å². The largest absolute Gasteiger partial charge is 0.618 e. The molecular weight excluding hydrogens is 410 g/mol. The number of carbonyl (C=O) groups excluding carboxylic acids is 1. The molecule has 0 bridgehead atoms. The molecule has 0 aliphatic rings. The summed E-state index contributed by atoms with van der Waals surface area (Å²) in [5.41, 5.74) is 0.695. The number of nitrogens with zero attached hydrogens (tertiary/aromatic N) is 1. The Kier molecular flexibility index (Phi) is 5.11. The first-order chi connectivity index (χ1) is 12.0. The number of hydrogen-bond acceptors (Lipinski definition) is 4. The second-order valence-corrected chi connectivity index (χ2v) is 6.42. The second-order valence-electron chi connectivity index (χ2n) is 5.22. The number of methoxy groups -OCH3 is 1. The van der Waals surface area contributed by atoms with E-state index in [0.29, 0.717) is 25.0 Å². The van der Waals surface area contributed by atoms with Gasteiger partial charge in [-0.2, -0.15) is 4.73 Å². The van der Waals surface area contributed by atoms with E-state index in [1.54, 1.807) is 12.1 Å². The zero-order chi connectivity index (χ0) is 18.0. The molecule has 2 aromatic carbocycles. The van der Waals surface area contributed by atoms with Gasteiger partial charge in [-0.15, -0.1) is 0 Å². The average Bonchev–Trinajstić information content (AvgIpc) is 2.63. The summed E-state index contributed by atoms with van der Waals surface area (Å²) >= 11 is 9.47. The Labute approximate surface area is 157 Å². The third-order valence-electron chi connectivity index (χ3n) is 3.66. The van der Waals surface area contributed by atoms with E-state index in [9.17, 15) is 10.0 Å². The van der Waals surface area contributed by atoms with Crippen molar-refractivity contribution in [1.29, 1.82) is 0 Å². The minimum atomic E-state index is -0.772. The molecule has 0 amide bonds. The highest BCUT2D eigenvalue weighted by atomic mass is 79.9. The number of hydrogen-bond donors (Lipinski definition) is 0. The number of aromatic nitrogens is 1. The van der Waals surface area contributed by atoms with Gasteiger partial charge in [-0.3, -0.25) is 0 Å². The predicted molar refractivity (Wildman–Crippen MR) is 97.7 cm³/mol. The smallest absolute Gasteiger partial charge is 0.408 e. The van der Waals surface area contributed by atoms with Crippen LogP contribution in [0.25, 0.3) is 10.8 Å². The van der Waals surface area contributed by atoms with E-state index in [4.69, 9.17) is 21.1 Å². The standard InChI is InChI=1S/C18H13BrClNO4/c1-24-18(22)16-17(25-10-11-5-3-2-4-6-11)12-7-8-14(20)15(19)13(12)9-21(16)23/h2-9H,10H2,1H3. The molecule has 0 atom stereocenters. The Morgan fingerprint density at radius 2 is 1.92 bits per heavy atom. The lowest BCUT2D eigenvalue weighted by atomic mass is 10.1. The summed E-state index contributed by atoms with van der Waals surface area (Å²) in [6, 6.07) is 12.8. The van der Waals surface area contributed by atoms with Crippen molar-refractivity contribution >= 4 is 44.3 Å². The lowest BCUT2D eigenvalue weighted by molar-refractivity contribution is -0.607. The lowest BCUT2D eigenvalue weighted by Gasteiger charge is -2.14. The molecule has 7 heteroatoms. The van der Waals surface area contributed by atoms with Crippen LogP contribution in [0.5, 0.6) is 5.75 Å². The number of pyridine rings is 1.